The molecule has 2 heterocycles. The number of aromatic nitrogens is 2. The predicted octanol–water partition coefficient (Wildman–Crippen LogP) is 2.64. The van der Waals surface area contributed by atoms with Crippen molar-refractivity contribution in [3.05, 3.63) is 53.9 Å². The van der Waals surface area contributed by atoms with E-state index in [0.29, 0.717) is 30.5 Å². The molecule has 1 aliphatic heterocycles. The maximum absolute atomic E-state index is 12.9. The lowest BCUT2D eigenvalue weighted by Gasteiger charge is -2.20. The molecule has 0 N–H and O–H groups in total. The van der Waals surface area contributed by atoms with Crippen LogP contribution in [0.1, 0.15) is 11.5 Å². The van der Waals surface area contributed by atoms with Crippen LogP contribution in [0.15, 0.2) is 51.9 Å². The molecule has 0 amide bonds. The fraction of sp³-hybridized carbons (Fsp3) is 0.263. The van der Waals surface area contributed by atoms with E-state index in [1.165, 1.54) is 19.2 Å². The third-order valence-electron chi connectivity index (χ3n) is 4.43. The van der Waals surface area contributed by atoms with E-state index < -0.39 is 10.0 Å². The molecule has 0 fully saturated rings. The van der Waals surface area contributed by atoms with Gasteiger partial charge in [0.1, 0.15) is 13.2 Å². The fourth-order valence-corrected chi connectivity index (χ4v) is 4.03. The van der Waals surface area contributed by atoms with Crippen LogP contribution < -0.4 is 9.47 Å². The van der Waals surface area contributed by atoms with E-state index in [0.717, 1.165) is 15.4 Å². The first-order valence-electron chi connectivity index (χ1n) is 8.70. The van der Waals surface area contributed by atoms with Crippen LogP contribution in [-0.2, 0) is 16.6 Å². The summed E-state index contributed by atoms with van der Waals surface area (Å²) in [6, 6.07) is 12.2. The summed E-state index contributed by atoms with van der Waals surface area (Å²) in [5.41, 5.74) is 1.85. The first-order chi connectivity index (χ1) is 13.4. The van der Waals surface area contributed by atoms with Crippen molar-refractivity contribution in [2.24, 2.45) is 0 Å². The Balaban J connectivity index is 1.55. The monoisotopic (exact) mass is 401 g/mol. The Morgan fingerprint density at radius 1 is 1.07 bits per heavy atom. The summed E-state index contributed by atoms with van der Waals surface area (Å²) in [7, 11) is -2.30. The van der Waals surface area contributed by atoms with Crippen molar-refractivity contribution in [3.8, 4) is 22.9 Å². The molecular weight excluding hydrogens is 382 g/mol. The summed E-state index contributed by atoms with van der Waals surface area (Å²) < 4.78 is 43.1. The largest absolute Gasteiger partial charge is 0.486 e. The molecule has 8 nitrogen and oxygen atoms in total. The van der Waals surface area contributed by atoms with Gasteiger partial charge in [-0.2, -0.15) is 9.29 Å². The Labute approximate surface area is 162 Å². The second-order valence-corrected chi connectivity index (χ2v) is 8.44. The van der Waals surface area contributed by atoms with Crippen LogP contribution in [0.25, 0.3) is 11.4 Å². The van der Waals surface area contributed by atoms with Gasteiger partial charge < -0.3 is 14.0 Å². The van der Waals surface area contributed by atoms with Crippen molar-refractivity contribution < 1.29 is 22.4 Å². The Morgan fingerprint density at radius 2 is 1.82 bits per heavy atom. The number of hydrogen-bond donors (Lipinski definition) is 0. The number of hydrogen-bond acceptors (Lipinski definition) is 7. The first kappa shape index (κ1) is 18.5. The Hall–Kier alpha value is -2.91. The predicted molar refractivity (Wildman–Crippen MR) is 101 cm³/mol. The smallest absolute Gasteiger partial charge is 0.243 e. The quantitative estimate of drug-likeness (QED) is 0.648. The van der Waals surface area contributed by atoms with Gasteiger partial charge in [0.05, 0.1) is 11.4 Å². The lowest BCUT2D eigenvalue weighted by Crippen LogP contribution is -2.27. The molecule has 2 aromatic carbocycles. The number of ether oxygens (including phenoxy) is 2. The van der Waals surface area contributed by atoms with Gasteiger partial charge >= 0.3 is 0 Å². The summed E-state index contributed by atoms with van der Waals surface area (Å²) in [5, 5.41) is 3.97. The highest BCUT2D eigenvalue weighted by atomic mass is 32.2. The SMILES string of the molecule is Cc1ccccc1-c1noc(CN(C)S(=O)(=O)c2ccc3c(c2)OCCO3)n1. The molecular formula is C19H19N3O5S. The molecule has 0 saturated heterocycles. The average molecular weight is 401 g/mol. The van der Waals surface area contributed by atoms with Crippen LogP contribution in [0.2, 0.25) is 0 Å². The zero-order valence-electron chi connectivity index (χ0n) is 15.5. The number of benzene rings is 2. The highest BCUT2D eigenvalue weighted by molar-refractivity contribution is 7.89. The zero-order valence-corrected chi connectivity index (χ0v) is 16.3. The molecule has 0 spiro atoms. The van der Waals surface area contributed by atoms with Gasteiger partial charge in [-0.3, -0.25) is 0 Å². The molecule has 0 radical (unpaired) electrons. The van der Waals surface area contributed by atoms with Gasteiger partial charge in [-0.05, 0) is 24.6 Å². The third kappa shape index (κ3) is 3.46. The maximum Gasteiger partial charge on any atom is 0.243 e. The molecule has 0 saturated carbocycles. The van der Waals surface area contributed by atoms with Crippen LogP contribution in [0.4, 0.5) is 0 Å². The van der Waals surface area contributed by atoms with Crippen LogP contribution >= 0.6 is 0 Å². The number of rotatable bonds is 5. The van der Waals surface area contributed by atoms with Crippen LogP contribution in [0.3, 0.4) is 0 Å². The van der Waals surface area contributed by atoms with Gasteiger partial charge in [0, 0.05) is 18.7 Å². The third-order valence-corrected chi connectivity index (χ3v) is 6.23. The van der Waals surface area contributed by atoms with Gasteiger partial charge in [-0.1, -0.05) is 29.4 Å². The normalized spacial score (nSPS) is 13.7. The zero-order chi connectivity index (χ0) is 19.7. The van der Waals surface area contributed by atoms with E-state index in [4.69, 9.17) is 14.0 Å². The number of sulfonamides is 1. The van der Waals surface area contributed by atoms with Crippen molar-refractivity contribution in [2.75, 3.05) is 20.3 Å². The minimum absolute atomic E-state index is 0.0460. The number of nitrogens with zero attached hydrogens (tertiary/aromatic N) is 3. The molecule has 4 rings (SSSR count). The second-order valence-electron chi connectivity index (χ2n) is 6.39. The summed E-state index contributed by atoms with van der Waals surface area (Å²) in [4.78, 5) is 4.44. The molecule has 1 aliphatic rings. The van der Waals surface area contributed by atoms with Gasteiger partial charge in [0.2, 0.25) is 21.7 Å². The molecule has 9 heteroatoms. The molecule has 0 bridgehead atoms. The van der Waals surface area contributed by atoms with E-state index in [9.17, 15) is 8.42 Å². The molecule has 0 aliphatic carbocycles. The van der Waals surface area contributed by atoms with Crippen molar-refractivity contribution in [2.45, 2.75) is 18.4 Å². The summed E-state index contributed by atoms with van der Waals surface area (Å²) in [5.74, 6) is 1.59. The van der Waals surface area contributed by atoms with Gasteiger partial charge in [-0.25, -0.2) is 8.42 Å². The molecule has 1 aromatic heterocycles. The van der Waals surface area contributed by atoms with Crippen molar-refractivity contribution in [1.82, 2.24) is 14.4 Å². The lowest BCUT2D eigenvalue weighted by atomic mass is 10.1. The molecule has 0 unspecified atom stereocenters. The number of fused-ring (bicyclic) bond motifs is 1. The highest BCUT2D eigenvalue weighted by Gasteiger charge is 2.25. The van der Waals surface area contributed by atoms with E-state index in [1.807, 2.05) is 31.2 Å². The minimum atomic E-state index is -3.76. The van der Waals surface area contributed by atoms with Crippen LogP contribution in [0.5, 0.6) is 11.5 Å². The van der Waals surface area contributed by atoms with Gasteiger partial charge in [0.15, 0.2) is 11.5 Å². The Morgan fingerprint density at radius 3 is 2.61 bits per heavy atom. The molecule has 0 atom stereocenters. The van der Waals surface area contributed by atoms with Crippen molar-refractivity contribution in [3.63, 3.8) is 0 Å². The minimum Gasteiger partial charge on any atom is -0.486 e. The standard InChI is InChI=1S/C19H19N3O5S/c1-13-5-3-4-6-15(13)19-20-18(27-21-19)12-22(2)28(23,24)14-7-8-16-17(11-14)26-10-9-25-16/h3-8,11H,9-10,12H2,1-2H3. The van der Waals surface area contributed by atoms with E-state index in [1.54, 1.807) is 6.07 Å². The fourth-order valence-electron chi connectivity index (χ4n) is 2.89. The van der Waals surface area contributed by atoms with E-state index >= 15 is 0 Å². The maximum atomic E-state index is 12.9. The molecule has 3 aromatic rings. The van der Waals surface area contributed by atoms with E-state index in [-0.39, 0.29) is 17.3 Å². The topological polar surface area (TPSA) is 94.8 Å². The molecule has 28 heavy (non-hydrogen) atoms. The van der Waals surface area contributed by atoms with Crippen molar-refractivity contribution >= 4 is 10.0 Å². The average Bonchev–Trinajstić information content (AvgIpc) is 3.16. The van der Waals surface area contributed by atoms with Crippen LogP contribution in [0, 0.1) is 6.92 Å². The first-order valence-corrected chi connectivity index (χ1v) is 10.1. The Bertz CT molecular complexity index is 1110. The Kier molecular flexibility index (Phi) is 4.78. The van der Waals surface area contributed by atoms with Crippen molar-refractivity contribution in [1.29, 1.82) is 0 Å². The van der Waals surface area contributed by atoms with Gasteiger partial charge in [-0.15, -0.1) is 0 Å². The van der Waals surface area contributed by atoms with Crippen LogP contribution in [-0.4, -0.2) is 43.1 Å². The highest BCUT2D eigenvalue weighted by Crippen LogP contribution is 2.33. The summed E-state index contributed by atoms with van der Waals surface area (Å²) >= 11 is 0. The second kappa shape index (κ2) is 7.25. The van der Waals surface area contributed by atoms with E-state index in [2.05, 4.69) is 10.1 Å². The lowest BCUT2D eigenvalue weighted by molar-refractivity contribution is 0.171. The summed E-state index contributed by atoms with van der Waals surface area (Å²) in [6.07, 6.45) is 0. The summed E-state index contributed by atoms with van der Waals surface area (Å²) in [6.45, 7) is 2.73. The van der Waals surface area contributed by atoms with Gasteiger partial charge in [0.25, 0.3) is 0 Å². The molecule has 146 valence electrons. The number of aryl methyl sites for hydroxylation is 1.